The Hall–Kier alpha value is -3.39. The smallest absolute Gasteiger partial charge is 0.265 e. The fourth-order valence-electron chi connectivity index (χ4n) is 3.22. The first-order chi connectivity index (χ1) is 14.8. The molecule has 0 aliphatic carbocycles. The second kappa shape index (κ2) is 9.61. The van der Waals surface area contributed by atoms with Gasteiger partial charge in [0.15, 0.2) is 0 Å². The van der Waals surface area contributed by atoms with E-state index in [4.69, 9.17) is 0 Å². The summed E-state index contributed by atoms with van der Waals surface area (Å²) in [6.45, 7) is 5.96. The van der Waals surface area contributed by atoms with Crippen LogP contribution in [0.15, 0.2) is 71.8 Å². The molecule has 1 amide bonds. The van der Waals surface area contributed by atoms with Gasteiger partial charge in [0.2, 0.25) is 5.91 Å². The van der Waals surface area contributed by atoms with Crippen molar-refractivity contribution in [3.05, 3.63) is 78.0 Å². The van der Waals surface area contributed by atoms with Gasteiger partial charge in [-0.15, -0.1) is 0 Å². The molecule has 0 spiro atoms. The average Bonchev–Trinajstić information content (AvgIpc) is 2.76. The third-order valence-electron chi connectivity index (χ3n) is 4.83. The van der Waals surface area contributed by atoms with Gasteiger partial charge in [-0.1, -0.05) is 36.4 Å². The van der Waals surface area contributed by atoms with Crippen LogP contribution in [0.5, 0.6) is 0 Å². The van der Waals surface area contributed by atoms with Gasteiger partial charge in [0.05, 0.1) is 12.2 Å². The lowest BCUT2D eigenvalue weighted by atomic mass is 10.1. The Bertz CT molecular complexity index is 1130. The topological polar surface area (TPSA) is 91.4 Å². The van der Waals surface area contributed by atoms with E-state index in [0.29, 0.717) is 18.1 Å². The predicted molar refractivity (Wildman–Crippen MR) is 124 cm³/mol. The SMILES string of the molecule is CCN(c1ccccc1)S(=O)(=O)c1ccc(NCC(=O)Nc2c(C)cccc2C)nc1. The molecule has 7 nitrogen and oxygen atoms in total. The lowest BCUT2D eigenvalue weighted by molar-refractivity contribution is -0.114. The van der Waals surface area contributed by atoms with E-state index in [1.165, 1.54) is 16.6 Å². The molecule has 0 aliphatic rings. The second-order valence-electron chi connectivity index (χ2n) is 7.05. The summed E-state index contributed by atoms with van der Waals surface area (Å²) in [7, 11) is -3.74. The van der Waals surface area contributed by atoms with Crippen LogP contribution in [0.1, 0.15) is 18.1 Å². The summed E-state index contributed by atoms with van der Waals surface area (Å²) < 4.78 is 27.3. The Kier molecular flexibility index (Phi) is 6.91. The number of nitrogens with one attached hydrogen (secondary N) is 2. The van der Waals surface area contributed by atoms with Gasteiger partial charge in [0.25, 0.3) is 10.0 Å². The molecule has 3 aromatic rings. The van der Waals surface area contributed by atoms with Crippen LogP contribution in [0.2, 0.25) is 0 Å². The number of aromatic nitrogens is 1. The molecule has 0 aliphatic heterocycles. The van der Waals surface area contributed by atoms with Crippen LogP contribution in [0.4, 0.5) is 17.2 Å². The molecule has 0 radical (unpaired) electrons. The van der Waals surface area contributed by atoms with Crippen LogP contribution in [-0.4, -0.2) is 32.4 Å². The fourth-order valence-corrected chi connectivity index (χ4v) is 4.64. The zero-order valence-electron chi connectivity index (χ0n) is 17.8. The summed E-state index contributed by atoms with van der Waals surface area (Å²) in [5.41, 5.74) is 3.36. The number of hydrogen-bond acceptors (Lipinski definition) is 5. The molecule has 2 N–H and O–H groups in total. The maximum Gasteiger partial charge on any atom is 0.265 e. The number of anilines is 3. The summed E-state index contributed by atoms with van der Waals surface area (Å²) >= 11 is 0. The number of amides is 1. The number of pyridine rings is 1. The number of benzene rings is 2. The predicted octanol–water partition coefficient (Wildman–Crippen LogP) is 3.96. The van der Waals surface area contributed by atoms with Gasteiger partial charge >= 0.3 is 0 Å². The standard InChI is InChI=1S/C23H26N4O3S/c1-4-27(19-11-6-5-7-12-19)31(29,30)20-13-14-21(24-15-20)25-16-22(28)26-23-17(2)9-8-10-18(23)3/h5-15H,4,16H2,1-3H3,(H,24,25)(H,26,28). The molecule has 31 heavy (non-hydrogen) atoms. The zero-order chi connectivity index (χ0) is 22.4. The number of hydrogen-bond donors (Lipinski definition) is 2. The quantitative estimate of drug-likeness (QED) is 0.555. The highest BCUT2D eigenvalue weighted by atomic mass is 32.2. The van der Waals surface area contributed by atoms with Gasteiger partial charge in [0.1, 0.15) is 10.7 Å². The van der Waals surface area contributed by atoms with Crippen molar-refractivity contribution in [2.45, 2.75) is 25.7 Å². The van der Waals surface area contributed by atoms with E-state index in [0.717, 1.165) is 16.8 Å². The third kappa shape index (κ3) is 5.21. The van der Waals surface area contributed by atoms with Crippen LogP contribution in [-0.2, 0) is 14.8 Å². The highest BCUT2D eigenvalue weighted by molar-refractivity contribution is 7.92. The second-order valence-corrected chi connectivity index (χ2v) is 8.92. The van der Waals surface area contributed by atoms with Crippen LogP contribution in [0.3, 0.4) is 0 Å². The molecule has 3 rings (SSSR count). The minimum atomic E-state index is -3.74. The number of nitrogens with zero attached hydrogens (tertiary/aromatic N) is 2. The summed E-state index contributed by atoms with van der Waals surface area (Å²) in [5, 5.41) is 5.82. The van der Waals surface area contributed by atoms with Crippen LogP contribution in [0, 0.1) is 13.8 Å². The monoisotopic (exact) mass is 438 g/mol. The van der Waals surface area contributed by atoms with Crippen LogP contribution >= 0.6 is 0 Å². The van der Waals surface area contributed by atoms with Crippen molar-refractivity contribution >= 4 is 33.1 Å². The van der Waals surface area contributed by atoms with Crippen LogP contribution < -0.4 is 14.9 Å². The minimum absolute atomic E-state index is 0.0119. The van der Waals surface area contributed by atoms with Gasteiger partial charge < -0.3 is 10.6 Å². The Morgan fingerprint density at radius 3 is 2.23 bits per heavy atom. The fraction of sp³-hybridized carbons (Fsp3) is 0.217. The lowest BCUT2D eigenvalue weighted by Crippen LogP contribution is -2.30. The van der Waals surface area contributed by atoms with Gasteiger partial charge in [-0.05, 0) is 56.2 Å². The molecule has 0 saturated heterocycles. The molecule has 1 heterocycles. The van der Waals surface area contributed by atoms with E-state index in [1.54, 1.807) is 37.3 Å². The van der Waals surface area contributed by atoms with Gasteiger partial charge in [0, 0.05) is 18.4 Å². The summed E-state index contributed by atoms with van der Waals surface area (Å²) in [6.07, 6.45) is 1.30. The molecular formula is C23H26N4O3S. The first-order valence-electron chi connectivity index (χ1n) is 9.96. The van der Waals surface area contributed by atoms with Crippen LogP contribution in [0.25, 0.3) is 0 Å². The summed E-state index contributed by atoms with van der Waals surface area (Å²) in [4.78, 5) is 16.6. The van der Waals surface area contributed by atoms with E-state index in [9.17, 15) is 13.2 Å². The van der Waals surface area contributed by atoms with Gasteiger partial charge in [-0.25, -0.2) is 13.4 Å². The first kappa shape index (κ1) is 22.3. The summed E-state index contributed by atoms with van der Waals surface area (Å²) in [5.74, 6) is 0.204. The van der Waals surface area contributed by atoms with Crippen molar-refractivity contribution in [2.24, 2.45) is 0 Å². The maximum atomic E-state index is 13.0. The third-order valence-corrected chi connectivity index (χ3v) is 6.72. The molecule has 1 aromatic heterocycles. The van der Waals surface area contributed by atoms with Crippen molar-refractivity contribution in [3.8, 4) is 0 Å². The molecule has 0 unspecified atom stereocenters. The summed E-state index contributed by atoms with van der Waals surface area (Å²) in [6, 6.07) is 17.8. The number of rotatable bonds is 8. The Morgan fingerprint density at radius 2 is 1.65 bits per heavy atom. The number of sulfonamides is 1. The molecule has 0 fully saturated rings. The Labute approximate surface area is 183 Å². The molecule has 0 atom stereocenters. The van der Waals surface area contributed by atoms with Crippen molar-refractivity contribution in [3.63, 3.8) is 0 Å². The average molecular weight is 439 g/mol. The molecule has 0 saturated carbocycles. The van der Waals surface area contributed by atoms with E-state index >= 15 is 0 Å². The number of carbonyl (C=O) groups is 1. The van der Waals surface area contributed by atoms with Gasteiger partial charge in [-0.2, -0.15) is 0 Å². The van der Waals surface area contributed by atoms with E-state index in [-0.39, 0.29) is 17.3 Å². The van der Waals surface area contributed by atoms with E-state index in [2.05, 4.69) is 15.6 Å². The Morgan fingerprint density at radius 1 is 0.968 bits per heavy atom. The highest BCUT2D eigenvalue weighted by Gasteiger charge is 2.23. The zero-order valence-corrected chi connectivity index (χ0v) is 18.6. The maximum absolute atomic E-state index is 13.0. The van der Waals surface area contributed by atoms with Crippen molar-refractivity contribution in [1.82, 2.24) is 4.98 Å². The largest absolute Gasteiger partial charge is 0.361 e. The van der Waals surface area contributed by atoms with Gasteiger partial charge in [-0.3, -0.25) is 9.10 Å². The van der Waals surface area contributed by atoms with Crippen molar-refractivity contribution in [1.29, 1.82) is 0 Å². The molecule has 2 aromatic carbocycles. The van der Waals surface area contributed by atoms with E-state index in [1.807, 2.05) is 38.1 Å². The minimum Gasteiger partial charge on any atom is -0.361 e. The first-order valence-corrected chi connectivity index (χ1v) is 11.4. The lowest BCUT2D eigenvalue weighted by Gasteiger charge is -2.22. The normalized spacial score (nSPS) is 11.1. The van der Waals surface area contributed by atoms with E-state index < -0.39 is 10.0 Å². The highest BCUT2D eigenvalue weighted by Crippen LogP contribution is 2.23. The number of aryl methyl sites for hydroxylation is 2. The molecule has 0 bridgehead atoms. The molecule has 8 heteroatoms. The molecular weight excluding hydrogens is 412 g/mol. The number of para-hydroxylation sites is 2. The van der Waals surface area contributed by atoms with Crippen molar-refractivity contribution in [2.75, 3.05) is 28.0 Å². The molecule has 162 valence electrons. The number of carbonyl (C=O) groups excluding carboxylic acids is 1. The Balaban J connectivity index is 1.66. The van der Waals surface area contributed by atoms with Crippen molar-refractivity contribution < 1.29 is 13.2 Å².